The van der Waals surface area contributed by atoms with E-state index in [4.69, 9.17) is 10.8 Å². The van der Waals surface area contributed by atoms with E-state index in [2.05, 4.69) is 0 Å². The molecule has 0 radical (unpaired) electrons. The van der Waals surface area contributed by atoms with Crippen LogP contribution in [0, 0.1) is 17.8 Å². The molecule has 66 valence electrons. The number of hydrogen-bond acceptors (Lipinski definition) is 2. The minimum Gasteiger partial charge on any atom is -0.396 e. The molecule has 0 saturated heterocycles. The molecular weight excluding hydrogens is 162 g/mol. The third kappa shape index (κ3) is 1.40. The van der Waals surface area contributed by atoms with Crippen molar-refractivity contribution in [3.63, 3.8) is 0 Å². The monoisotopic (exact) mass is 177 g/mol. The van der Waals surface area contributed by atoms with E-state index in [9.17, 15) is 0 Å². The highest BCUT2D eigenvalue weighted by atomic mass is 35.5. The van der Waals surface area contributed by atoms with Gasteiger partial charge in [0.15, 0.2) is 0 Å². The van der Waals surface area contributed by atoms with Gasteiger partial charge in [0.25, 0.3) is 0 Å². The van der Waals surface area contributed by atoms with E-state index >= 15 is 0 Å². The third-order valence-corrected chi connectivity index (χ3v) is 3.24. The van der Waals surface area contributed by atoms with Gasteiger partial charge in [-0.25, -0.2) is 0 Å². The predicted molar refractivity (Wildman–Crippen MR) is 46.6 cm³/mol. The zero-order valence-electron chi connectivity index (χ0n) is 6.57. The van der Waals surface area contributed by atoms with Crippen molar-refractivity contribution in [2.24, 2.45) is 23.5 Å². The van der Waals surface area contributed by atoms with Crippen LogP contribution >= 0.6 is 12.4 Å². The van der Waals surface area contributed by atoms with Crippen LogP contribution in [0.25, 0.3) is 0 Å². The Bertz CT molecular complexity index is 140. The predicted octanol–water partition coefficient (Wildman–Crippen LogP) is 0.774. The smallest absolute Gasteiger partial charge is 0.0462 e. The summed E-state index contributed by atoms with van der Waals surface area (Å²) in [6.07, 6.45) is 3.72. The molecule has 0 aromatic carbocycles. The van der Waals surface area contributed by atoms with Crippen LogP contribution in [0.5, 0.6) is 0 Å². The van der Waals surface area contributed by atoms with Gasteiger partial charge < -0.3 is 10.8 Å². The fraction of sp³-hybridized carbons (Fsp3) is 1.00. The summed E-state index contributed by atoms with van der Waals surface area (Å²) < 4.78 is 0. The normalized spacial score (nSPS) is 47.5. The van der Waals surface area contributed by atoms with Gasteiger partial charge >= 0.3 is 0 Å². The second kappa shape index (κ2) is 3.30. The lowest BCUT2D eigenvalue weighted by Gasteiger charge is -2.24. The quantitative estimate of drug-likeness (QED) is 0.622. The molecule has 0 spiro atoms. The van der Waals surface area contributed by atoms with Gasteiger partial charge in [0.1, 0.15) is 0 Å². The number of nitrogens with two attached hydrogens (primary N) is 1. The molecule has 2 fully saturated rings. The maximum atomic E-state index is 8.95. The van der Waals surface area contributed by atoms with Crippen LogP contribution in [-0.4, -0.2) is 17.8 Å². The first-order valence-electron chi connectivity index (χ1n) is 4.17. The Morgan fingerprint density at radius 3 is 2.36 bits per heavy atom. The van der Waals surface area contributed by atoms with Gasteiger partial charge in [0.2, 0.25) is 0 Å². The summed E-state index contributed by atoms with van der Waals surface area (Å²) in [6, 6.07) is 0.399. The molecule has 2 rings (SSSR count). The summed E-state index contributed by atoms with van der Waals surface area (Å²) in [7, 11) is 0. The maximum absolute atomic E-state index is 8.95. The standard InChI is InChI=1S/C8H15NO.ClH/c9-8-3-5-1-6(4-10)7(8)2-5;/h5-8,10H,1-4,9H2;1H. The van der Waals surface area contributed by atoms with Gasteiger partial charge in [-0.15, -0.1) is 12.4 Å². The van der Waals surface area contributed by atoms with E-state index < -0.39 is 0 Å². The zero-order chi connectivity index (χ0) is 7.14. The van der Waals surface area contributed by atoms with E-state index in [0.29, 0.717) is 24.5 Å². The van der Waals surface area contributed by atoms with Crippen molar-refractivity contribution in [3.8, 4) is 0 Å². The minimum atomic E-state index is 0. The van der Waals surface area contributed by atoms with Gasteiger partial charge in [-0.2, -0.15) is 0 Å². The number of hydrogen-bond donors (Lipinski definition) is 2. The largest absolute Gasteiger partial charge is 0.396 e. The molecule has 2 aliphatic rings. The molecule has 4 atom stereocenters. The SMILES string of the molecule is Cl.NC1CC2CC(CO)C1C2. The topological polar surface area (TPSA) is 46.2 Å². The molecular formula is C8H16ClNO. The van der Waals surface area contributed by atoms with Crippen LogP contribution < -0.4 is 5.73 Å². The van der Waals surface area contributed by atoms with E-state index in [1.807, 2.05) is 0 Å². The van der Waals surface area contributed by atoms with Crippen molar-refractivity contribution in [3.05, 3.63) is 0 Å². The molecule has 2 saturated carbocycles. The average molecular weight is 178 g/mol. The molecule has 4 unspecified atom stereocenters. The van der Waals surface area contributed by atoms with Crippen molar-refractivity contribution in [1.29, 1.82) is 0 Å². The van der Waals surface area contributed by atoms with Crippen LogP contribution in [0.1, 0.15) is 19.3 Å². The van der Waals surface area contributed by atoms with E-state index in [-0.39, 0.29) is 12.4 Å². The van der Waals surface area contributed by atoms with Crippen LogP contribution in [0.15, 0.2) is 0 Å². The average Bonchev–Trinajstić information content (AvgIpc) is 2.44. The fourth-order valence-corrected chi connectivity index (χ4v) is 2.76. The number of rotatable bonds is 1. The summed E-state index contributed by atoms with van der Waals surface area (Å²) in [5.41, 5.74) is 5.87. The summed E-state index contributed by atoms with van der Waals surface area (Å²) in [4.78, 5) is 0. The van der Waals surface area contributed by atoms with Crippen LogP contribution in [0.2, 0.25) is 0 Å². The van der Waals surface area contributed by atoms with E-state index in [0.717, 1.165) is 5.92 Å². The molecule has 0 aromatic heterocycles. The van der Waals surface area contributed by atoms with Crippen molar-refractivity contribution in [2.75, 3.05) is 6.61 Å². The van der Waals surface area contributed by atoms with Crippen molar-refractivity contribution < 1.29 is 5.11 Å². The molecule has 2 nitrogen and oxygen atoms in total. The molecule has 3 N–H and O–H groups in total. The Kier molecular flexibility index (Phi) is 2.79. The number of halogens is 1. The van der Waals surface area contributed by atoms with Gasteiger partial charge in [0, 0.05) is 12.6 Å². The Morgan fingerprint density at radius 2 is 2.00 bits per heavy atom. The minimum absolute atomic E-state index is 0. The first-order chi connectivity index (χ1) is 4.81. The summed E-state index contributed by atoms with van der Waals surface area (Å²) in [5, 5.41) is 8.95. The van der Waals surface area contributed by atoms with Crippen LogP contribution in [0.4, 0.5) is 0 Å². The second-order valence-electron chi connectivity index (χ2n) is 3.84. The molecule has 0 heterocycles. The second-order valence-corrected chi connectivity index (χ2v) is 3.84. The zero-order valence-corrected chi connectivity index (χ0v) is 7.39. The molecule has 11 heavy (non-hydrogen) atoms. The van der Waals surface area contributed by atoms with Gasteiger partial charge in [0.05, 0.1) is 0 Å². The molecule has 2 bridgehead atoms. The lowest BCUT2D eigenvalue weighted by Crippen LogP contribution is -2.33. The number of aliphatic hydroxyl groups excluding tert-OH is 1. The summed E-state index contributed by atoms with van der Waals surface area (Å²) >= 11 is 0. The van der Waals surface area contributed by atoms with E-state index in [1.54, 1.807) is 0 Å². The Hall–Kier alpha value is 0.210. The van der Waals surface area contributed by atoms with Crippen molar-refractivity contribution >= 4 is 12.4 Å². The molecule has 3 heteroatoms. The van der Waals surface area contributed by atoms with Crippen molar-refractivity contribution in [1.82, 2.24) is 0 Å². The van der Waals surface area contributed by atoms with Gasteiger partial charge in [-0.3, -0.25) is 0 Å². The van der Waals surface area contributed by atoms with Crippen LogP contribution in [0.3, 0.4) is 0 Å². The molecule has 0 aromatic rings. The lowest BCUT2D eigenvalue weighted by molar-refractivity contribution is 0.166. The lowest BCUT2D eigenvalue weighted by atomic mass is 9.86. The first-order valence-corrected chi connectivity index (χ1v) is 4.17. The molecule has 0 aliphatic heterocycles. The van der Waals surface area contributed by atoms with Crippen molar-refractivity contribution in [2.45, 2.75) is 25.3 Å². The molecule has 2 aliphatic carbocycles. The van der Waals surface area contributed by atoms with E-state index in [1.165, 1.54) is 19.3 Å². The van der Waals surface area contributed by atoms with Crippen LogP contribution in [-0.2, 0) is 0 Å². The van der Waals surface area contributed by atoms with Gasteiger partial charge in [-0.1, -0.05) is 0 Å². The number of fused-ring (bicyclic) bond motifs is 2. The Balaban J connectivity index is 0.000000605. The maximum Gasteiger partial charge on any atom is 0.0462 e. The Morgan fingerprint density at radius 1 is 1.27 bits per heavy atom. The highest BCUT2D eigenvalue weighted by Crippen LogP contribution is 2.47. The fourth-order valence-electron chi connectivity index (χ4n) is 2.76. The van der Waals surface area contributed by atoms with Gasteiger partial charge in [-0.05, 0) is 37.0 Å². The number of aliphatic hydroxyl groups is 1. The first kappa shape index (κ1) is 9.30. The highest BCUT2D eigenvalue weighted by Gasteiger charge is 2.43. The third-order valence-electron chi connectivity index (χ3n) is 3.24. The summed E-state index contributed by atoms with van der Waals surface area (Å²) in [6.45, 7) is 0.356. The highest BCUT2D eigenvalue weighted by molar-refractivity contribution is 5.85. The summed E-state index contributed by atoms with van der Waals surface area (Å²) in [5.74, 6) is 2.03. The Labute approximate surface area is 73.6 Å². The molecule has 0 amide bonds.